The summed E-state index contributed by atoms with van der Waals surface area (Å²) in [5, 5.41) is 3.34. The maximum atomic E-state index is 5.63. The molecular formula is C16H25NO2. The first-order valence-corrected chi connectivity index (χ1v) is 6.88. The molecule has 0 spiro atoms. The van der Waals surface area contributed by atoms with E-state index in [0.29, 0.717) is 12.6 Å². The van der Waals surface area contributed by atoms with Gasteiger partial charge in [-0.1, -0.05) is 39.0 Å². The topological polar surface area (TPSA) is 30.5 Å². The lowest BCUT2D eigenvalue weighted by Crippen LogP contribution is -2.22. The third-order valence-electron chi connectivity index (χ3n) is 2.60. The Bertz CT molecular complexity index is 400. The minimum absolute atomic E-state index is 0.504. The van der Waals surface area contributed by atoms with Gasteiger partial charge >= 0.3 is 0 Å². The minimum atomic E-state index is 0.504. The molecule has 0 saturated carbocycles. The van der Waals surface area contributed by atoms with Gasteiger partial charge in [0.15, 0.2) is 11.5 Å². The second kappa shape index (κ2) is 8.59. The van der Waals surface area contributed by atoms with Gasteiger partial charge in [-0.2, -0.15) is 0 Å². The zero-order valence-corrected chi connectivity index (χ0v) is 12.4. The van der Waals surface area contributed by atoms with Crippen LogP contribution in [0.3, 0.4) is 0 Å². The van der Waals surface area contributed by atoms with Crippen LogP contribution in [0.25, 0.3) is 6.08 Å². The Morgan fingerprint density at radius 2 is 2.05 bits per heavy atom. The molecule has 0 aliphatic carbocycles. The van der Waals surface area contributed by atoms with E-state index >= 15 is 0 Å². The van der Waals surface area contributed by atoms with E-state index in [1.54, 1.807) is 7.11 Å². The van der Waals surface area contributed by atoms with E-state index in [1.807, 2.05) is 18.2 Å². The molecule has 0 aromatic heterocycles. The Hall–Kier alpha value is -1.48. The van der Waals surface area contributed by atoms with E-state index in [4.69, 9.17) is 9.47 Å². The zero-order chi connectivity index (χ0) is 14.1. The summed E-state index contributed by atoms with van der Waals surface area (Å²) in [5.41, 5.74) is 1.12. The Kier molecular flexibility index (Phi) is 7.04. The lowest BCUT2D eigenvalue weighted by molar-refractivity contribution is 0.294. The van der Waals surface area contributed by atoms with Crippen molar-refractivity contribution >= 4 is 6.08 Å². The summed E-state index contributed by atoms with van der Waals surface area (Å²) < 4.78 is 11.0. The molecule has 0 unspecified atom stereocenters. The molecule has 3 heteroatoms. The Morgan fingerprint density at radius 3 is 2.68 bits per heavy atom. The number of ether oxygens (including phenoxy) is 2. The molecular weight excluding hydrogens is 238 g/mol. The average Bonchev–Trinajstić information content (AvgIpc) is 2.41. The number of benzene rings is 1. The van der Waals surface area contributed by atoms with E-state index in [2.05, 4.69) is 38.2 Å². The molecule has 0 saturated heterocycles. The van der Waals surface area contributed by atoms with E-state index in [1.165, 1.54) is 0 Å². The van der Waals surface area contributed by atoms with Crippen molar-refractivity contribution in [1.29, 1.82) is 0 Å². The second-order valence-electron chi connectivity index (χ2n) is 4.72. The molecule has 0 fully saturated rings. The lowest BCUT2D eigenvalue weighted by atomic mass is 10.2. The number of hydrogen-bond donors (Lipinski definition) is 1. The maximum Gasteiger partial charge on any atom is 0.161 e. The molecule has 0 heterocycles. The first-order valence-electron chi connectivity index (χ1n) is 6.88. The molecule has 0 aliphatic rings. The average molecular weight is 263 g/mol. The highest BCUT2D eigenvalue weighted by atomic mass is 16.5. The molecule has 1 rings (SSSR count). The normalized spacial score (nSPS) is 11.2. The number of methoxy groups -OCH3 is 1. The first-order chi connectivity index (χ1) is 9.17. The SMILES string of the molecule is CCCOc1ccc(C=CCNC(C)C)cc1OC. The highest BCUT2D eigenvalue weighted by Gasteiger charge is 2.03. The maximum absolute atomic E-state index is 5.63. The van der Waals surface area contributed by atoms with Crippen LogP contribution < -0.4 is 14.8 Å². The van der Waals surface area contributed by atoms with Gasteiger partial charge in [0.2, 0.25) is 0 Å². The highest BCUT2D eigenvalue weighted by molar-refractivity contribution is 5.56. The summed E-state index contributed by atoms with van der Waals surface area (Å²) in [6.07, 6.45) is 5.19. The molecule has 1 N–H and O–H groups in total. The molecule has 1 aromatic rings. The predicted molar refractivity (Wildman–Crippen MR) is 81.0 cm³/mol. The molecule has 0 radical (unpaired) electrons. The quantitative estimate of drug-likeness (QED) is 0.778. The van der Waals surface area contributed by atoms with Crippen molar-refractivity contribution in [3.63, 3.8) is 0 Å². The van der Waals surface area contributed by atoms with Crippen LogP contribution in [0.15, 0.2) is 24.3 Å². The van der Waals surface area contributed by atoms with Gasteiger partial charge in [0.1, 0.15) is 0 Å². The van der Waals surface area contributed by atoms with Gasteiger partial charge in [-0.15, -0.1) is 0 Å². The van der Waals surface area contributed by atoms with Crippen molar-refractivity contribution in [3.8, 4) is 11.5 Å². The van der Waals surface area contributed by atoms with Gasteiger partial charge in [-0.3, -0.25) is 0 Å². The van der Waals surface area contributed by atoms with E-state index in [-0.39, 0.29) is 0 Å². The van der Waals surface area contributed by atoms with Crippen molar-refractivity contribution in [2.45, 2.75) is 33.2 Å². The summed E-state index contributed by atoms with van der Waals surface area (Å²) in [7, 11) is 1.67. The molecule has 106 valence electrons. The van der Waals surface area contributed by atoms with Crippen LogP contribution in [0, 0.1) is 0 Å². The predicted octanol–water partition coefficient (Wildman–Crippen LogP) is 3.50. The van der Waals surface area contributed by atoms with Gasteiger partial charge < -0.3 is 14.8 Å². The zero-order valence-electron chi connectivity index (χ0n) is 12.4. The van der Waals surface area contributed by atoms with Crippen molar-refractivity contribution in [3.05, 3.63) is 29.8 Å². The molecule has 3 nitrogen and oxygen atoms in total. The third kappa shape index (κ3) is 5.79. The number of nitrogens with one attached hydrogen (secondary N) is 1. The molecule has 19 heavy (non-hydrogen) atoms. The van der Waals surface area contributed by atoms with Crippen LogP contribution in [0.2, 0.25) is 0 Å². The van der Waals surface area contributed by atoms with Crippen LogP contribution >= 0.6 is 0 Å². The van der Waals surface area contributed by atoms with Crippen molar-refractivity contribution in [1.82, 2.24) is 5.32 Å². The van der Waals surface area contributed by atoms with Gasteiger partial charge in [-0.25, -0.2) is 0 Å². The summed E-state index contributed by atoms with van der Waals surface area (Å²) in [5.74, 6) is 1.59. The molecule has 0 atom stereocenters. The van der Waals surface area contributed by atoms with Gasteiger partial charge in [0.25, 0.3) is 0 Å². The molecule has 0 amide bonds. The van der Waals surface area contributed by atoms with Gasteiger partial charge in [0.05, 0.1) is 13.7 Å². The van der Waals surface area contributed by atoms with E-state index in [0.717, 1.165) is 30.0 Å². The Morgan fingerprint density at radius 1 is 1.26 bits per heavy atom. The van der Waals surface area contributed by atoms with Crippen molar-refractivity contribution in [2.75, 3.05) is 20.3 Å². The number of hydrogen-bond acceptors (Lipinski definition) is 3. The highest BCUT2D eigenvalue weighted by Crippen LogP contribution is 2.28. The fraction of sp³-hybridized carbons (Fsp3) is 0.500. The van der Waals surface area contributed by atoms with Crippen molar-refractivity contribution < 1.29 is 9.47 Å². The molecule has 0 bridgehead atoms. The van der Waals surface area contributed by atoms with Crippen LogP contribution in [-0.2, 0) is 0 Å². The van der Waals surface area contributed by atoms with Crippen molar-refractivity contribution in [2.24, 2.45) is 0 Å². The smallest absolute Gasteiger partial charge is 0.161 e. The Labute approximate surface area is 116 Å². The largest absolute Gasteiger partial charge is 0.493 e. The van der Waals surface area contributed by atoms with Crippen LogP contribution in [0.4, 0.5) is 0 Å². The van der Waals surface area contributed by atoms with Gasteiger partial charge in [0, 0.05) is 12.6 Å². The lowest BCUT2D eigenvalue weighted by Gasteiger charge is -2.10. The minimum Gasteiger partial charge on any atom is -0.493 e. The summed E-state index contributed by atoms with van der Waals surface area (Å²) >= 11 is 0. The standard InChI is InChI=1S/C16H25NO2/c1-5-11-19-15-9-8-14(12-16(15)18-4)7-6-10-17-13(2)3/h6-9,12-13,17H,5,10-11H2,1-4H3. The summed E-state index contributed by atoms with van der Waals surface area (Å²) in [6.45, 7) is 7.94. The summed E-state index contributed by atoms with van der Waals surface area (Å²) in [6, 6.07) is 6.50. The van der Waals surface area contributed by atoms with Crippen LogP contribution in [0.1, 0.15) is 32.8 Å². The summed E-state index contributed by atoms with van der Waals surface area (Å²) in [4.78, 5) is 0. The Balaban J connectivity index is 2.65. The van der Waals surface area contributed by atoms with Crippen LogP contribution in [-0.4, -0.2) is 26.3 Å². The van der Waals surface area contributed by atoms with Gasteiger partial charge in [-0.05, 0) is 24.1 Å². The molecule has 1 aromatic carbocycles. The van der Waals surface area contributed by atoms with Crippen LogP contribution in [0.5, 0.6) is 11.5 Å². The molecule has 0 aliphatic heterocycles. The monoisotopic (exact) mass is 263 g/mol. The van der Waals surface area contributed by atoms with E-state index in [9.17, 15) is 0 Å². The fourth-order valence-electron chi connectivity index (χ4n) is 1.62. The third-order valence-corrected chi connectivity index (χ3v) is 2.60. The first kappa shape index (κ1) is 15.6. The fourth-order valence-corrected chi connectivity index (χ4v) is 1.62. The second-order valence-corrected chi connectivity index (χ2v) is 4.72. The van der Waals surface area contributed by atoms with E-state index < -0.39 is 0 Å². The number of rotatable bonds is 8.